The van der Waals surface area contributed by atoms with Crippen molar-refractivity contribution in [2.24, 2.45) is 0 Å². The fourth-order valence-corrected chi connectivity index (χ4v) is 1.00. The summed E-state index contributed by atoms with van der Waals surface area (Å²) in [7, 11) is 1.25. The Kier molecular flexibility index (Phi) is 7.38. The van der Waals surface area contributed by atoms with Crippen molar-refractivity contribution in [3.05, 3.63) is 48.8 Å². The standard InChI is InChI=1S/C10H9N3.2BrH.Ni/c1-3-7-11-9(5-1)13-10-6-2-4-8-12-10;;;/h1-8H,(H,11,12,13);2*1H;/q;;;+2/p-2. The SMILES string of the molecule is [Br][Ni][Br].c1ccc(Nc2ccccn2)nc1. The smallest absolute Gasteiger partial charge is 0.131 e. The van der Waals surface area contributed by atoms with Crippen LogP contribution in [0.1, 0.15) is 0 Å². The number of pyridine rings is 2. The molecular formula is C10H9Br2N3Ni. The summed E-state index contributed by atoms with van der Waals surface area (Å²) in [5, 5.41) is 3.08. The van der Waals surface area contributed by atoms with Crippen molar-refractivity contribution in [2.75, 3.05) is 5.32 Å². The topological polar surface area (TPSA) is 37.8 Å². The summed E-state index contributed by atoms with van der Waals surface area (Å²) in [5.74, 6) is 1.61. The van der Waals surface area contributed by atoms with E-state index in [4.69, 9.17) is 0 Å². The largest absolute Gasteiger partial charge is 0.325 e. The van der Waals surface area contributed by atoms with E-state index in [-0.39, 0.29) is 0 Å². The minimum atomic E-state index is 0.807. The maximum atomic E-state index is 4.12. The van der Waals surface area contributed by atoms with Crippen molar-refractivity contribution in [1.82, 2.24) is 9.97 Å². The molecule has 0 fully saturated rings. The van der Waals surface area contributed by atoms with Gasteiger partial charge in [0, 0.05) is 12.4 Å². The maximum Gasteiger partial charge on any atom is 0.131 e. The van der Waals surface area contributed by atoms with E-state index < -0.39 is 0 Å². The van der Waals surface area contributed by atoms with Crippen molar-refractivity contribution >= 4 is 40.1 Å². The number of aromatic nitrogens is 2. The van der Waals surface area contributed by atoms with Crippen LogP contribution in [0.15, 0.2) is 48.8 Å². The first kappa shape index (κ1) is 13.6. The van der Waals surface area contributed by atoms with E-state index in [9.17, 15) is 0 Å². The normalized spacial score (nSPS) is 9.12. The molecule has 0 amide bonds. The molecular weight excluding hydrogens is 381 g/mol. The number of nitrogens with zero attached hydrogens (tertiary/aromatic N) is 2. The van der Waals surface area contributed by atoms with Crippen LogP contribution in [0.2, 0.25) is 0 Å². The van der Waals surface area contributed by atoms with Gasteiger partial charge in [0.15, 0.2) is 0 Å². The van der Waals surface area contributed by atoms with Gasteiger partial charge in [0.25, 0.3) is 0 Å². The zero-order valence-electron chi connectivity index (χ0n) is 8.09. The van der Waals surface area contributed by atoms with Gasteiger partial charge in [-0.05, 0) is 24.3 Å². The van der Waals surface area contributed by atoms with Crippen LogP contribution in [0.4, 0.5) is 11.6 Å². The van der Waals surface area contributed by atoms with Gasteiger partial charge in [0.2, 0.25) is 0 Å². The van der Waals surface area contributed by atoms with Crippen LogP contribution in [0.5, 0.6) is 0 Å². The Bertz CT molecular complexity index is 348. The van der Waals surface area contributed by atoms with Gasteiger partial charge >= 0.3 is 39.3 Å². The maximum absolute atomic E-state index is 4.12. The van der Waals surface area contributed by atoms with E-state index in [2.05, 4.69) is 43.7 Å². The van der Waals surface area contributed by atoms with Crippen LogP contribution in [-0.4, -0.2) is 9.97 Å². The van der Waals surface area contributed by atoms with Crippen LogP contribution < -0.4 is 5.32 Å². The van der Waals surface area contributed by atoms with E-state index in [0.29, 0.717) is 0 Å². The van der Waals surface area contributed by atoms with Gasteiger partial charge in [-0.2, -0.15) is 0 Å². The number of rotatable bonds is 2. The monoisotopic (exact) mass is 387 g/mol. The predicted molar refractivity (Wildman–Crippen MR) is 69.6 cm³/mol. The van der Waals surface area contributed by atoms with Crippen molar-refractivity contribution < 1.29 is 10.9 Å². The Morgan fingerprint density at radius 2 is 1.31 bits per heavy atom. The average Bonchev–Trinajstić information content (AvgIpc) is 2.33. The van der Waals surface area contributed by atoms with Crippen molar-refractivity contribution in [1.29, 1.82) is 0 Å². The van der Waals surface area contributed by atoms with E-state index in [0.717, 1.165) is 11.6 Å². The first-order valence-electron chi connectivity index (χ1n) is 4.28. The summed E-state index contributed by atoms with van der Waals surface area (Å²) >= 11 is 6.00. The molecule has 2 rings (SSSR count). The molecule has 0 unspecified atom stereocenters. The zero-order chi connectivity index (χ0) is 11.6. The van der Waals surface area contributed by atoms with Crippen molar-refractivity contribution in [3.63, 3.8) is 0 Å². The molecule has 16 heavy (non-hydrogen) atoms. The molecule has 0 radical (unpaired) electrons. The molecule has 0 saturated heterocycles. The van der Waals surface area contributed by atoms with Gasteiger partial charge in [-0.25, -0.2) is 9.97 Å². The fraction of sp³-hybridized carbons (Fsp3) is 0. The quantitative estimate of drug-likeness (QED) is 0.791. The third-order valence-electron chi connectivity index (χ3n) is 1.59. The molecule has 0 bridgehead atoms. The van der Waals surface area contributed by atoms with Crippen molar-refractivity contribution in [2.45, 2.75) is 0 Å². The van der Waals surface area contributed by atoms with Gasteiger partial charge in [-0.15, -0.1) is 0 Å². The Balaban J connectivity index is 0.000000386. The summed E-state index contributed by atoms with van der Waals surface area (Å²) in [5.41, 5.74) is 0. The van der Waals surface area contributed by atoms with E-state index in [1.807, 2.05) is 36.4 Å². The van der Waals surface area contributed by atoms with Gasteiger partial charge in [0.1, 0.15) is 11.6 Å². The van der Waals surface area contributed by atoms with Crippen molar-refractivity contribution in [3.8, 4) is 0 Å². The zero-order valence-corrected chi connectivity index (χ0v) is 12.2. The number of halogens is 2. The summed E-state index contributed by atoms with van der Waals surface area (Å²) < 4.78 is 0. The number of anilines is 2. The molecule has 2 aromatic rings. The first-order valence-corrected chi connectivity index (χ1v) is 9.16. The third kappa shape index (κ3) is 5.59. The Hall–Kier alpha value is -0.446. The van der Waals surface area contributed by atoms with E-state index in [1.165, 1.54) is 10.9 Å². The van der Waals surface area contributed by atoms with Gasteiger partial charge < -0.3 is 5.32 Å². The van der Waals surface area contributed by atoms with Gasteiger partial charge in [-0.3, -0.25) is 0 Å². The second kappa shape index (κ2) is 8.68. The first-order chi connectivity index (χ1) is 7.86. The molecule has 0 spiro atoms. The van der Waals surface area contributed by atoms with Crippen LogP contribution in [0, 0.1) is 0 Å². The molecule has 0 aliphatic rings. The summed E-state index contributed by atoms with van der Waals surface area (Å²) in [4.78, 5) is 8.25. The summed E-state index contributed by atoms with van der Waals surface area (Å²) in [6, 6.07) is 11.4. The summed E-state index contributed by atoms with van der Waals surface area (Å²) in [6.45, 7) is 0. The van der Waals surface area contributed by atoms with Crippen LogP contribution in [0.3, 0.4) is 0 Å². The van der Waals surface area contributed by atoms with E-state index in [1.54, 1.807) is 12.4 Å². The molecule has 2 heterocycles. The molecule has 3 nitrogen and oxygen atoms in total. The van der Waals surface area contributed by atoms with E-state index >= 15 is 0 Å². The summed E-state index contributed by atoms with van der Waals surface area (Å²) in [6.07, 6.45) is 3.48. The molecule has 1 N–H and O–H groups in total. The molecule has 2 aromatic heterocycles. The van der Waals surface area contributed by atoms with Gasteiger partial charge in [-0.1, -0.05) is 12.1 Å². The van der Waals surface area contributed by atoms with Crippen LogP contribution >= 0.6 is 28.5 Å². The third-order valence-corrected chi connectivity index (χ3v) is 1.59. The average molecular weight is 390 g/mol. The Morgan fingerprint density at radius 3 is 1.62 bits per heavy atom. The van der Waals surface area contributed by atoms with Crippen LogP contribution in [-0.2, 0) is 10.9 Å². The molecule has 0 aromatic carbocycles. The number of hydrogen-bond donors (Lipinski definition) is 1. The Morgan fingerprint density at radius 1 is 0.875 bits per heavy atom. The molecule has 6 heteroatoms. The second-order valence-corrected chi connectivity index (χ2v) is 7.58. The Labute approximate surface area is 114 Å². The molecule has 0 aliphatic carbocycles. The number of nitrogens with one attached hydrogen (secondary N) is 1. The van der Waals surface area contributed by atoms with Crippen LogP contribution in [0.25, 0.3) is 0 Å². The fourth-order valence-electron chi connectivity index (χ4n) is 1.00. The predicted octanol–water partition coefficient (Wildman–Crippen LogP) is 3.91. The van der Waals surface area contributed by atoms with Gasteiger partial charge in [0.05, 0.1) is 0 Å². The number of hydrogen-bond acceptors (Lipinski definition) is 3. The molecule has 0 atom stereocenters. The minimum Gasteiger partial charge on any atom is -0.325 e. The second-order valence-electron chi connectivity index (χ2n) is 2.60. The molecule has 0 saturated carbocycles. The molecule has 88 valence electrons. The minimum absolute atomic E-state index is 0.807. The molecule has 0 aliphatic heterocycles.